The summed E-state index contributed by atoms with van der Waals surface area (Å²) in [4.78, 5) is 11.9. The number of ether oxygens (including phenoxy) is 1. The minimum Gasteiger partial charge on any atom is -0.469 e. The number of piperidine rings is 1. The van der Waals surface area contributed by atoms with Crippen LogP contribution < -0.4 is 0 Å². The van der Waals surface area contributed by atoms with Gasteiger partial charge in [-0.1, -0.05) is 0 Å². The second-order valence-electron chi connectivity index (χ2n) is 5.35. The molecule has 0 bridgehead atoms. The van der Waals surface area contributed by atoms with E-state index in [4.69, 9.17) is 4.74 Å². The molecule has 0 spiro atoms. The van der Waals surface area contributed by atoms with Crippen LogP contribution in [0.15, 0.2) is 4.90 Å². The molecule has 8 heteroatoms. The lowest BCUT2D eigenvalue weighted by Crippen LogP contribution is -2.42. The summed E-state index contributed by atoms with van der Waals surface area (Å²) >= 11 is 0. The van der Waals surface area contributed by atoms with Crippen molar-refractivity contribution < 1.29 is 17.9 Å². The van der Waals surface area contributed by atoms with E-state index < -0.39 is 15.9 Å². The van der Waals surface area contributed by atoms with Crippen molar-refractivity contribution in [1.29, 1.82) is 0 Å². The number of hydrogen-bond acceptors (Lipinski definition) is 5. The van der Waals surface area contributed by atoms with Gasteiger partial charge in [-0.05, 0) is 26.7 Å². The lowest BCUT2D eigenvalue weighted by atomic mass is 10.0. The second-order valence-corrected chi connectivity index (χ2v) is 7.22. The molecular weight excluding hydrogens is 294 g/mol. The van der Waals surface area contributed by atoms with Gasteiger partial charge in [-0.2, -0.15) is 9.40 Å². The molecule has 0 radical (unpaired) electrons. The molecule has 1 atom stereocenters. The Morgan fingerprint density at radius 3 is 2.57 bits per heavy atom. The number of aromatic nitrogens is 2. The van der Waals surface area contributed by atoms with Crippen molar-refractivity contribution in [1.82, 2.24) is 14.1 Å². The molecule has 1 aromatic rings. The quantitative estimate of drug-likeness (QED) is 0.763. The highest BCUT2D eigenvalue weighted by molar-refractivity contribution is 7.89. The summed E-state index contributed by atoms with van der Waals surface area (Å²) in [5.74, 6) is -0.745. The van der Waals surface area contributed by atoms with Crippen molar-refractivity contribution in [3.63, 3.8) is 0 Å². The SMILES string of the molecule is COC(=O)C1CCCN(S(=O)(=O)c2c(C)nn(C)c2C)C1. The number of methoxy groups -OCH3 is 1. The third kappa shape index (κ3) is 2.82. The molecule has 1 aliphatic rings. The van der Waals surface area contributed by atoms with Crippen LogP contribution >= 0.6 is 0 Å². The van der Waals surface area contributed by atoms with Gasteiger partial charge in [0.05, 0.1) is 24.4 Å². The summed E-state index contributed by atoms with van der Waals surface area (Å²) in [6.45, 7) is 4.00. The Kier molecular flexibility index (Phi) is 4.38. The fourth-order valence-corrected chi connectivity index (χ4v) is 4.70. The summed E-state index contributed by atoms with van der Waals surface area (Å²) in [6.07, 6.45) is 1.31. The van der Waals surface area contributed by atoms with Gasteiger partial charge < -0.3 is 4.74 Å². The van der Waals surface area contributed by atoms with Crippen LogP contribution in [0.5, 0.6) is 0 Å². The van der Waals surface area contributed by atoms with E-state index in [9.17, 15) is 13.2 Å². The molecule has 2 heterocycles. The van der Waals surface area contributed by atoms with Crippen molar-refractivity contribution in [2.75, 3.05) is 20.2 Å². The molecule has 0 amide bonds. The van der Waals surface area contributed by atoms with Gasteiger partial charge in [-0.15, -0.1) is 0 Å². The normalized spacial score (nSPS) is 20.5. The monoisotopic (exact) mass is 315 g/mol. The van der Waals surface area contributed by atoms with E-state index in [1.54, 1.807) is 25.6 Å². The molecule has 0 aromatic carbocycles. The molecule has 1 saturated heterocycles. The Morgan fingerprint density at radius 1 is 1.38 bits per heavy atom. The van der Waals surface area contributed by atoms with Gasteiger partial charge in [0.1, 0.15) is 4.90 Å². The van der Waals surface area contributed by atoms with Crippen LogP contribution in [0.25, 0.3) is 0 Å². The van der Waals surface area contributed by atoms with Crippen molar-refractivity contribution in [2.45, 2.75) is 31.6 Å². The minimum atomic E-state index is -3.63. The maximum absolute atomic E-state index is 12.8. The van der Waals surface area contributed by atoms with Crippen LogP contribution in [-0.2, 0) is 26.6 Å². The summed E-state index contributed by atoms with van der Waals surface area (Å²) in [7, 11) is -0.593. The Labute approximate surface area is 124 Å². The third-order valence-corrected chi connectivity index (χ3v) is 6.08. The average molecular weight is 315 g/mol. The second kappa shape index (κ2) is 5.76. The van der Waals surface area contributed by atoms with Crippen LogP contribution in [0.3, 0.4) is 0 Å². The zero-order chi connectivity index (χ0) is 15.8. The average Bonchev–Trinajstić information content (AvgIpc) is 2.71. The van der Waals surface area contributed by atoms with Gasteiger partial charge in [-0.25, -0.2) is 8.42 Å². The van der Waals surface area contributed by atoms with E-state index in [-0.39, 0.29) is 17.4 Å². The zero-order valence-corrected chi connectivity index (χ0v) is 13.6. The van der Waals surface area contributed by atoms with Crippen LogP contribution in [0.4, 0.5) is 0 Å². The summed E-state index contributed by atoms with van der Waals surface area (Å²) < 4.78 is 33.3. The lowest BCUT2D eigenvalue weighted by molar-refractivity contribution is -0.146. The Bertz CT molecular complexity index is 651. The standard InChI is InChI=1S/C13H21N3O4S/c1-9-12(10(2)15(3)14-9)21(18,19)16-7-5-6-11(8-16)13(17)20-4/h11H,5-8H2,1-4H3. The third-order valence-electron chi connectivity index (χ3n) is 3.96. The Balaban J connectivity index is 2.33. The maximum Gasteiger partial charge on any atom is 0.309 e. The highest BCUT2D eigenvalue weighted by Crippen LogP contribution is 2.27. The topological polar surface area (TPSA) is 81.5 Å². The number of sulfonamides is 1. The molecule has 1 aliphatic heterocycles. The van der Waals surface area contributed by atoms with Crippen LogP contribution in [0.1, 0.15) is 24.2 Å². The minimum absolute atomic E-state index is 0.169. The first kappa shape index (κ1) is 16.0. The lowest BCUT2D eigenvalue weighted by Gasteiger charge is -2.30. The number of carbonyl (C=O) groups is 1. The molecule has 0 N–H and O–H groups in total. The number of esters is 1. The molecular formula is C13H21N3O4S. The molecule has 1 unspecified atom stereocenters. The van der Waals surface area contributed by atoms with E-state index in [1.165, 1.54) is 11.4 Å². The summed E-state index contributed by atoms with van der Waals surface area (Å²) in [6, 6.07) is 0. The highest BCUT2D eigenvalue weighted by Gasteiger charge is 2.36. The molecule has 118 valence electrons. The number of hydrogen-bond donors (Lipinski definition) is 0. The van der Waals surface area contributed by atoms with Gasteiger partial charge >= 0.3 is 5.97 Å². The maximum atomic E-state index is 12.8. The Morgan fingerprint density at radius 2 is 2.05 bits per heavy atom. The van der Waals surface area contributed by atoms with Gasteiger partial charge in [0, 0.05) is 20.1 Å². The molecule has 0 saturated carbocycles. The van der Waals surface area contributed by atoms with Crippen LogP contribution in [0.2, 0.25) is 0 Å². The van der Waals surface area contributed by atoms with Gasteiger partial charge in [0.25, 0.3) is 0 Å². The fraction of sp³-hybridized carbons (Fsp3) is 0.692. The highest BCUT2D eigenvalue weighted by atomic mass is 32.2. The predicted molar refractivity (Wildman–Crippen MR) is 76.2 cm³/mol. The molecule has 2 rings (SSSR count). The van der Waals surface area contributed by atoms with E-state index in [1.807, 2.05) is 0 Å². The smallest absolute Gasteiger partial charge is 0.309 e. The molecule has 21 heavy (non-hydrogen) atoms. The molecule has 1 fully saturated rings. The number of rotatable bonds is 3. The van der Waals surface area contributed by atoms with E-state index >= 15 is 0 Å². The van der Waals surface area contributed by atoms with E-state index in [2.05, 4.69) is 5.10 Å². The van der Waals surface area contributed by atoms with Gasteiger partial charge in [0.15, 0.2) is 0 Å². The van der Waals surface area contributed by atoms with Gasteiger partial charge in [-0.3, -0.25) is 9.48 Å². The van der Waals surface area contributed by atoms with Crippen molar-refractivity contribution >= 4 is 16.0 Å². The summed E-state index contributed by atoms with van der Waals surface area (Å²) in [5.41, 5.74) is 1.09. The zero-order valence-electron chi connectivity index (χ0n) is 12.8. The largest absolute Gasteiger partial charge is 0.469 e. The van der Waals surface area contributed by atoms with Gasteiger partial charge in [0.2, 0.25) is 10.0 Å². The fourth-order valence-electron chi connectivity index (χ4n) is 2.78. The van der Waals surface area contributed by atoms with E-state index in [0.717, 1.165) is 0 Å². The Hall–Kier alpha value is -1.41. The number of aryl methyl sites for hydroxylation is 2. The molecule has 0 aliphatic carbocycles. The van der Waals surface area contributed by atoms with Crippen LogP contribution in [-0.4, -0.2) is 48.7 Å². The van der Waals surface area contributed by atoms with Crippen molar-refractivity contribution in [2.24, 2.45) is 13.0 Å². The van der Waals surface area contributed by atoms with Crippen molar-refractivity contribution in [3.05, 3.63) is 11.4 Å². The number of carbonyl (C=O) groups excluding carboxylic acids is 1. The predicted octanol–water partition coefficient (Wildman–Crippen LogP) is 0.611. The summed E-state index contributed by atoms with van der Waals surface area (Å²) in [5, 5.41) is 4.16. The van der Waals surface area contributed by atoms with E-state index in [0.29, 0.717) is 30.8 Å². The first-order valence-electron chi connectivity index (χ1n) is 6.87. The first-order chi connectivity index (χ1) is 9.78. The first-order valence-corrected chi connectivity index (χ1v) is 8.31. The number of nitrogens with zero attached hydrogens (tertiary/aromatic N) is 3. The molecule has 1 aromatic heterocycles. The van der Waals surface area contributed by atoms with Crippen molar-refractivity contribution in [3.8, 4) is 0 Å². The van der Waals surface area contributed by atoms with Crippen LogP contribution in [0, 0.1) is 19.8 Å². The molecule has 7 nitrogen and oxygen atoms in total.